The number of primary amides is 1. The van der Waals surface area contributed by atoms with Gasteiger partial charge in [0.1, 0.15) is 22.4 Å². The molecule has 0 aliphatic heterocycles. The lowest BCUT2D eigenvalue weighted by Gasteiger charge is -2.05. The SMILES string of the molecule is CCOC(=O)c1c(C)oc(NC(=O)c2ccc3ocnc3c2)c1C(N)=O. The third-order valence-corrected chi connectivity index (χ3v) is 3.63. The van der Waals surface area contributed by atoms with Crippen molar-refractivity contribution in [1.82, 2.24) is 4.98 Å². The average molecular weight is 357 g/mol. The average Bonchev–Trinajstić information content (AvgIpc) is 3.18. The zero-order valence-corrected chi connectivity index (χ0v) is 14.0. The van der Waals surface area contributed by atoms with Crippen molar-refractivity contribution in [3.8, 4) is 0 Å². The molecule has 26 heavy (non-hydrogen) atoms. The lowest BCUT2D eigenvalue weighted by Crippen LogP contribution is -2.20. The summed E-state index contributed by atoms with van der Waals surface area (Å²) in [6, 6.07) is 4.62. The number of ether oxygens (including phenoxy) is 1. The van der Waals surface area contributed by atoms with Gasteiger partial charge in [0.05, 0.1) is 6.61 Å². The van der Waals surface area contributed by atoms with Crippen molar-refractivity contribution < 1.29 is 28.0 Å². The number of furan rings is 1. The van der Waals surface area contributed by atoms with Gasteiger partial charge >= 0.3 is 5.97 Å². The number of hydrogen-bond donors (Lipinski definition) is 2. The topological polar surface area (TPSA) is 138 Å². The molecular formula is C17H15N3O6. The Morgan fingerprint density at radius 2 is 2.04 bits per heavy atom. The maximum Gasteiger partial charge on any atom is 0.342 e. The molecule has 0 saturated heterocycles. The number of esters is 1. The normalized spacial score (nSPS) is 10.7. The molecule has 0 saturated carbocycles. The summed E-state index contributed by atoms with van der Waals surface area (Å²) < 4.78 is 15.4. The number of fused-ring (bicyclic) bond motifs is 1. The minimum absolute atomic E-state index is 0.110. The smallest absolute Gasteiger partial charge is 0.342 e. The minimum Gasteiger partial charge on any atom is -0.462 e. The lowest BCUT2D eigenvalue weighted by molar-refractivity contribution is 0.0521. The highest BCUT2D eigenvalue weighted by molar-refractivity contribution is 6.13. The number of carbonyl (C=O) groups is 3. The van der Waals surface area contributed by atoms with Crippen LogP contribution in [0.2, 0.25) is 0 Å². The van der Waals surface area contributed by atoms with Gasteiger partial charge in [0.25, 0.3) is 11.8 Å². The molecule has 0 spiro atoms. The van der Waals surface area contributed by atoms with E-state index in [1.807, 2.05) is 0 Å². The van der Waals surface area contributed by atoms with Crippen molar-refractivity contribution in [2.45, 2.75) is 13.8 Å². The Hall–Kier alpha value is -3.62. The molecule has 9 nitrogen and oxygen atoms in total. The molecule has 0 unspecified atom stereocenters. The number of benzene rings is 1. The van der Waals surface area contributed by atoms with Gasteiger partial charge in [-0.15, -0.1) is 0 Å². The second-order valence-electron chi connectivity index (χ2n) is 5.31. The summed E-state index contributed by atoms with van der Waals surface area (Å²) in [7, 11) is 0. The molecule has 2 heterocycles. The van der Waals surface area contributed by atoms with E-state index < -0.39 is 17.8 Å². The van der Waals surface area contributed by atoms with Gasteiger partial charge in [0, 0.05) is 5.56 Å². The van der Waals surface area contributed by atoms with E-state index >= 15 is 0 Å². The summed E-state index contributed by atoms with van der Waals surface area (Å²) in [6.07, 6.45) is 1.26. The Morgan fingerprint density at radius 3 is 2.73 bits per heavy atom. The van der Waals surface area contributed by atoms with Crippen molar-refractivity contribution in [2.24, 2.45) is 5.73 Å². The Labute approximate surface area is 147 Å². The van der Waals surface area contributed by atoms with Gasteiger partial charge < -0.3 is 19.3 Å². The highest BCUT2D eigenvalue weighted by Gasteiger charge is 2.29. The molecule has 3 N–H and O–H groups in total. The Morgan fingerprint density at radius 1 is 1.27 bits per heavy atom. The first kappa shape index (κ1) is 17.2. The maximum atomic E-state index is 12.5. The van der Waals surface area contributed by atoms with Crippen LogP contribution >= 0.6 is 0 Å². The van der Waals surface area contributed by atoms with E-state index in [1.54, 1.807) is 13.0 Å². The summed E-state index contributed by atoms with van der Waals surface area (Å²) in [6.45, 7) is 3.21. The highest BCUT2D eigenvalue weighted by Crippen LogP contribution is 2.28. The number of carbonyl (C=O) groups excluding carboxylic acids is 3. The van der Waals surface area contributed by atoms with Crippen LogP contribution in [0.5, 0.6) is 0 Å². The Kier molecular flexibility index (Phi) is 4.44. The van der Waals surface area contributed by atoms with Crippen LogP contribution < -0.4 is 11.1 Å². The number of rotatable bonds is 5. The Balaban J connectivity index is 1.96. The van der Waals surface area contributed by atoms with E-state index in [0.29, 0.717) is 11.1 Å². The molecule has 0 aliphatic carbocycles. The predicted molar refractivity (Wildman–Crippen MR) is 89.9 cm³/mol. The molecule has 0 bridgehead atoms. The minimum atomic E-state index is -0.924. The standard InChI is InChI=1S/C17H15N3O6/c1-3-24-17(23)12-8(2)26-16(13(12)14(18)21)20-15(22)9-4-5-11-10(6-9)19-7-25-11/h4-7H,3H2,1-2H3,(H2,18,21)(H,20,22). The lowest BCUT2D eigenvalue weighted by atomic mass is 10.1. The van der Waals surface area contributed by atoms with Gasteiger partial charge in [-0.05, 0) is 32.0 Å². The van der Waals surface area contributed by atoms with Crippen molar-refractivity contribution in [3.63, 3.8) is 0 Å². The van der Waals surface area contributed by atoms with E-state index in [9.17, 15) is 14.4 Å². The van der Waals surface area contributed by atoms with Crippen molar-refractivity contribution in [2.75, 3.05) is 11.9 Å². The molecular weight excluding hydrogens is 342 g/mol. The van der Waals surface area contributed by atoms with Gasteiger partial charge in [0.15, 0.2) is 12.0 Å². The number of nitrogens with two attached hydrogens (primary N) is 1. The number of aromatic nitrogens is 1. The van der Waals surface area contributed by atoms with Crippen LogP contribution in [0.15, 0.2) is 33.4 Å². The number of nitrogens with zero attached hydrogens (tertiary/aromatic N) is 1. The zero-order valence-electron chi connectivity index (χ0n) is 14.0. The van der Waals surface area contributed by atoms with Gasteiger partial charge in [-0.2, -0.15) is 0 Å². The fraction of sp³-hybridized carbons (Fsp3) is 0.176. The third-order valence-electron chi connectivity index (χ3n) is 3.63. The maximum absolute atomic E-state index is 12.5. The van der Waals surface area contributed by atoms with Crippen molar-refractivity contribution in [3.05, 3.63) is 47.0 Å². The summed E-state index contributed by atoms with van der Waals surface area (Å²) in [5.41, 5.74) is 6.29. The van der Waals surface area contributed by atoms with E-state index in [4.69, 9.17) is 19.3 Å². The van der Waals surface area contributed by atoms with Gasteiger partial charge in [0.2, 0.25) is 5.88 Å². The zero-order chi connectivity index (χ0) is 18.8. The number of oxazole rings is 1. The summed E-state index contributed by atoms with van der Waals surface area (Å²) in [5, 5.41) is 2.45. The number of hydrogen-bond acceptors (Lipinski definition) is 7. The van der Waals surface area contributed by atoms with Crippen LogP contribution in [-0.2, 0) is 4.74 Å². The number of aryl methyl sites for hydroxylation is 1. The number of amides is 2. The fourth-order valence-corrected chi connectivity index (χ4v) is 2.49. The monoisotopic (exact) mass is 357 g/mol. The van der Waals surface area contributed by atoms with Gasteiger partial charge in [-0.1, -0.05) is 0 Å². The molecule has 134 valence electrons. The molecule has 2 aromatic heterocycles. The van der Waals surface area contributed by atoms with Crippen molar-refractivity contribution in [1.29, 1.82) is 0 Å². The number of nitrogens with one attached hydrogen (secondary N) is 1. The van der Waals surface area contributed by atoms with E-state index in [-0.39, 0.29) is 34.9 Å². The quantitative estimate of drug-likeness (QED) is 0.668. The van der Waals surface area contributed by atoms with Crippen LogP contribution in [0.4, 0.5) is 5.88 Å². The highest BCUT2D eigenvalue weighted by atomic mass is 16.5. The molecule has 3 aromatic rings. The first-order chi connectivity index (χ1) is 12.4. The van der Waals surface area contributed by atoms with Gasteiger partial charge in [-0.3, -0.25) is 14.9 Å². The molecule has 9 heteroatoms. The Bertz CT molecular complexity index is 1020. The number of anilines is 1. The van der Waals surface area contributed by atoms with Crippen molar-refractivity contribution >= 4 is 34.8 Å². The molecule has 0 radical (unpaired) electrons. The molecule has 0 aliphatic rings. The third kappa shape index (κ3) is 3.02. The predicted octanol–water partition coefficient (Wildman–Crippen LogP) is 2.26. The molecule has 1 aromatic carbocycles. The van der Waals surface area contributed by atoms with Crippen LogP contribution in [0.1, 0.15) is 43.8 Å². The second-order valence-corrected chi connectivity index (χ2v) is 5.31. The first-order valence-electron chi connectivity index (χ1n) is 7.67. The summed E-state index contributed by atoms with van der Waals surface area (Å²) in [4.78, 5) is 40.3. The molecule has 2 amide bonds. The molecule has 0 atom stereocenters. The first-order valence-corrected chi connectivity index (χ1v) is 7.67. The second kappa shape index (κ2) is 6.71. The molecule has 0 fully saturated rings. The molecule has 3 rings (SSSR count). The van der Waals surface area contributed by atoms with E-state index in [0.717, 1.165) is 0 Å². The fourth-order valence-electron chi connectivity index (χ4n) is 2.49. The van der Waals surface area contributed by atoms with Crippen LogP contribution in [0.3, 0.4) is 0 Å². The van der Waals surface area contributed by atoms with Crippen LogP contribution in [0, 0.1) is 6.92 Å². The largest absolute Gasteiger partial charge is 0.462 e. The van der Waals surface area contributed by atoms with E-state index in [1.165, 1.54) is 25.5 Å². The van der Waals surface area contributed by atoms with E-state index in [2.05, 4.69) is 10.3 Å². The van der Waals surface area contributed by atoms with Crippen LogP contribution in [-0.4, -0.2) is 29.4 Å². The van der Waals surface area contributed by atoms with Gasteiger partial charge in [-0.25, -0.2) is 9.78 Å². The summed E-state index contributed by atoms with van der Waals surface area (Å²) in [5.74, 6) is -2.36. The summed E-state index contributed by atoms with van der Waals surface area (Å²) >= 11 is 0. The van der Waals surface area contributed by atoms with Crippen LogP contribution in [0.25, 0.3) is 11.1 Å².